The van der Waals surface area contributed by atoms with E-state index in [0.29, 0.717) is 6.07 Å². The van der Waals surface area contributed by atoms with Crippen LogP contribution in [-0.2, 0) is 0 Å². The predicted octanol–water partition coefficient (Wildman–Crippen LogP) is 2.46. The van der Waals surface area contributed by atoms with E-state index < -0.39 is 29.5 Å². The quantitative estimate of drug-likeness (QED) is 0.673. The predicted molar refractivity (Wildman–Crippen MR) is 48.8 cm³/mol. The van der Waals surface area contributed by atoms with Crippen molar-refractivity contribution in [1.82, 2.24) is 4.98 Å². The first-order valence-corrected chi connectivity index (χ1v) is 4.38. The van der Waals surface area contributed by atoms with Crippen LogP contribution in [0.4, 0.5) is 13.2 Å². The van der Waals surface area contributed by atoms with Gasteiger partial charge in [-0.2, -0.15) is 0 Å². The zero-order valence-corrected chi connectivity index (χ0v) is 8.63. The normalized spacial score (nSPS) is 10.6. The van der Waals surface area contributed by atoms with Crippen molar-refractivity contribution in [3.05, 3.63) is 26.8 Å². The maximum Gasteiger partial charge on any atom is 0.341 e. The number of hydrogen-bond acceptors (Lipinski definition) is 2. The van der Waals surface area contributed by atoms with E-state index in [1.807, 2.05) is 0 Å². The average molecular weight is 317 g/mol. The Balaban J connectivity index is 3.32. The number of halogens is 4. The summed E-state index contributed by atoms with van der Waals surface area (Å²) in [5.41, 5.74) is -1.45. The summed E-state index contributed by atoms with van der Waals surface area (Å²) in [4.78, 5) is 13.7. The number of carbonyl (C=O) groups is 1. The van der Waals surface area contributed by atoms with Crippen molar-refractivity contribution in [3.8, 4) is 0 Å². The number of rotatable bonds is 2. The lowest BCUT2D eigenvalue weighted by Gasteiger charge is -2.03. The summed E-state index contributed by atoms with van der Waals surface area (Å²) in [6, 6.07) is 0.427. The molecule has 0 spiro atoms. The molecule has 14 heavy (non-hydrogen) atoms. The third-order valence-corrected chi connectivity index (χ3v) is 2.17. The van der Waals surface area contributed by atoms with Crippen molar-refractivity contribution in [2.45, 2.75) is 6.43 Å². The Labute approximate surface area is 90.1 Å². The fourth-order valence-electron chi connectivity index (χ4n) is 0.804. The fourth-order valence-corrected chi connectivity index (χ4v) is 1.57. The molecule has 0 saturated carbocycles. The largest absolute Gasteiger partial charge is 0.477 e. The molecule has 0 aliphatic rings. The lowest BCUT2D eigenvalue weighted by molar-refractivity contribution is 0.0688. The molecule has 1 aromatic rings. The average Bonchev–Trinajstić information content (AvgIpc) is 2.01. The summed E-state index contributed by atoms with van der Waals surface area (Å²) >= 11 is 1.39. The van der Waals surface area contributed by atoms with Gasteiger partial charge in [-0.3, -0.25) is 0 Å². The van der Waals surface area contributed by atoms with Crippen LogP contribution in [0.25, 0.3) is 0 Å². The molecule has 0 fully saturated rings. The van der Waals surface area contributed by atoms with Crippen molar-refractivity contribution < 1.29 is 23.1 Å². The molecule has 0 aliphatic heterocycles. The molecular formula is C7H3F3INO2. The zero-order valence-electron chi connectivity index (χ0n) is 6.47. The highest BCUT2D eigenvalue weighted by Crippen LogP contribution is 2.22. The molecule has 3 nitrogen and oxygen atoms in total. The molecule has 0 aliphatic carbocycles. The van der Waals surface area contributed by atoms with E-state index in [2.05, 4.69) is 4.98 Å². The van der Waals surface area contributed by atoms with Gasteiger partial charge in [0.15, 0.2) is 0 Å². The van der Waals surface area contributed by atoms with Gasteiger partial charge in [0.25, 0.3) is 6.43 Å². The number of aromatic nitrogens is 1. The van der Waals surface area contributed by atoms with Crippen LogP contribution in [-0.4, -0.2) is 16.1 Å². The third-order valence-electron chi connectivity index (χ3n) is 1.38. The second-order valence-electron chi connectivity index (χ2n) is 2.30. The van der Waals surface area contributed by atoms with E-state index in [0.717, 1.165) is 0 Å². The number of nitrogens with zero attached hydrogens (tertiary/aromatic N) is 1. The molecule has 0 aromatic carbocycles. The molecule has 0 unspecified atom stereocenters. The van der Waals surface area contributed by atoms with E-state index in [-0.39, 0.29) is 3.70 Å². The smallest absolute Gasteiger partial charge is 0.341 e. The van der Waals surface area contributed by atoms with Crippen molar-refractivity contribution in [2.24, 2.45) is 0 Å². The zero-order chi connectivity index (χ0) is 10.9. The van der Waals surface area contributed by atoms with Gasteiger partial charge in [-0.15, -0.1) is 0 Å². The van der Waals surface area contributed by atoms with Gasteiger partial charge in [0.05, 0.1) is 0 Å². The molecule has 0 saturated heterocycles. The number of carboxylic acid groups (broad SMARTS) is 1. The minimum atomic E-state index is -2.92. The number of aromatic carboxylic acids is 1. The first-order chi connectivity index (χ1) is 6.43. The maximum atomic E-state index is 13.0. The van der Waals surface area contributed by atoms with Gasteiger partial charge < -0.3 is 5.11 Å². The van der Waals surface area contributed by atoms with Crippen LogP contribution in [0.3, 0.4) is 0 Å². The van der Waals surface area contributed by atoms with Crippen molar-refractivity contribution >= 4 is 28.6 Å². The van der Waals surface area contributed by atoms with Crippen LogP contribution in [0, 0.1) is 9.52 Å². The van der Waals surface area contributed by atoms with E-state index in [9.17, 15) is 18.0 Å². The summed E-state index contributed by atoms with van der Waals surface area (Å²) in [5.74, 6) is -2.73. The monoisotopic (exact) mass is 317 g/mol. The number of carboxylic acids is 1. The molecule has 1 aromatic heterocycles. The van der Waals surface area contributed by atoms with Crippen LogP contribution >= 0.6 is 22.6 Å². The Kier molecular flexibility index (Phi) is 3.29. The molecule has 0 bridgehead atoms. The summed E-state index contributed by atoms with van der Waals surface area (Å²) in [5, 5.41) is 8.50. The van der Waals surface area contributed by atoms with E-state index in [1.54, 1.807) is 0 Å². The Bertz CT molecular complexity index is 360. The van der Waals surface area contributed by atoms with E-state index in [1.165, 1.54) is 22.6 Å². The van der Waals surface area contributed by atoms with Crippen LogP contribution in [0.15, 0.2) is 6.07 Å². The number of alkyl halides is 2. The molecular weight excluding hydrogens is 314 g/mol. The highest BCUT2D eigenvalue weighted by atomic mass is 127. The summed E-state index contributed by atoms with van der Waals surface area (Å²) < 4.78 is 36.8. The molecule has 76 valence electrons. The maximum absolute atomic E-state index is 13.0. The first kappa shape index (κ1) is 11.2. The second kappa shape index (κ2) is 4.11. The van der Waals surface area contributed by atoms with Gasteiger partial charge in [-0.05, 0) is 22.6 Å². The first-order valence-electron chi connectivity index (χ1n) is 3.31. The number of pyridine rings is 1. The lowest BCUT2D eigenvalue weighted by atomic mass is 10.2. The third kappa shape index (κ3) is 2.14. The molecule has 1 rings (SSSR count). The summed E-state index contributed by atoms with van der Waals surface area (Å²) in [6.45, 7) is 0. The summed E-state index contributed by atoms with van der Waals surface area (Å²) in [7, 11) is 0. The van der Waals surface area contributed by atoms with Crippen molar-refractivity contribution in [1.29, 1.82) is 0 Å². The van der Waals surface area contributed by atoms with Crippen LogP contribution in [0.2, 0.25) is 0 Å². The molecule has 1 heterocycles. The van der Waals surface area contributed by atoms with E-state index in [4.69, 9.17) is 5.11 Å². The Morgan fingerprint density at radius 3 is 2.50 bits per heavy atom. The van der Waals surface area contributed by atoms with E-state index >= 15 is 0 Å². The second-order valence-corrected chi connectivity index (χ2v) is 3.32. The standard InChI is InChI=1S/C7H3F3INO2/c8-2-1-3(5(9)10)12-6(11)4(2)7(13)14/h1,5H,(H,13,14). The Hall–Kier alpha value is -0.860. The van der Waals surface area contributed by atoms with Gasteiger partial charge >= 0.3 is 5.97 Å². The minimum absolute atomic E-state index is 0.287. The van der Waals surface area contributed by atoms with Gasteiger partial charge in [0, 0.05) is 6.07 Å². The topological polar surface area (TPSA) is 50.2 Å². The highest BCUT2D eigenvalue weighted by Gasteiger charge is 2.20. The minimum Gasteiger partial charge on any atom is -0.477 e. The molecule has 0 radical (unpaired) electrons. The van der Waals surface area contributed by atoms with Gasteiger partial charge in [0.1, 0.15) is 20.8 Å². The van der Waals surface area contributed by atoms with Crippen LogP contribution < -0.4 is 0 Å². The number of hydrogen-bond donors (Lipinski definition) is 1. The molecule has 7 heteroatoms. The lowest BCUT2D eigenvalue weighted by Crippen LogP contribution is -2.08. The van der Waals surface area contributed by atoms with Crippen molar-refractivity contribution in [2.75, 3.05) is 0 Å². The molecule has 1 N–H and O–H groups in total. The van der Waals surface area contributed by atoms with Crippen LogP contribution in [0.5, 0.6) is 0 Å². The highest BCUT2D eigenvalue weighted by molar-refractivity contribution is 14.1. The SMILES string of the molecule is O=C(O)c1c(F)cc(C(F)F)nc1I. The fraction of sp³-hybridized carbons (Fsp3) is 0.143. The Morgan fingerprint density at radius 1 is 1.57 bits per heavy atom. The van der Waals surface area contributed by atoms with Gasteiger partial charge in [-0.25, -0.2) is 22.9 Å². The van der Waals surface area contributed by atoms with Gasteiger partial charge in [0.2, 0.25) is 0 Å². The molecule has 0 atom stereocenters. The van der Waals surface area contributed by atoms with Crippen molar-refractivity contribution in [3.63, 3.8) is 0 Å². The van der Waals surface area contributed by atoms with Crippen LogP contribution in [0.1, 0.15) is 22.5 Å². The molecule has 0 amide bonds. The Morgan fingerprint density at radius 2 is 2.14 bits per heavy atom. The summed E-state index contributed by atoms with van der Waals surface area (Å²) in [6.07, 6.45) is -2.92. The van der Waals surface area contributed by atoms with Gasteiger partial charge in [-0.1, -0.05) is 0 Å².